The third-order valence-electron chi connectivity index (χ3n) is 4.20. The van der Waals surface area contributed by atoms with Crippen LogP contribution in [0.15, 0.2) is 18.2 Å². The van der Waals surface area contributed by atoms with E-state index in [4.69, 9.17) is 4.74 Å². The fourth-order valence-corrected chi connectivity index (χ4v) is 3.90. The molecule has 0 aliphatic heterocycles. The molecule has 0 saturated heterocycles. The molecule has 1 aromatic rings. The molecule has 0 bridgehead atoms. The van der Waals surface area contributed by atoms with Crippen LogP contribution in [0.3, 0.4) is 0 Å². The van der Waals surface area contributed by atoms with Crippen molar-refractivity contribution in [1.82, 2.24) is 5.32 Å². The van der Waals surface area contributed by atoms with Crippen LogP contribution in [0.2, 0.25) is 0 Å². The molecule has 0 aromatic heterocycles. The summed E-state index contributed by atoms with van der Waals surface area (Å²) < 4.78 is 17.8. The van der Waals surface area contributed by atoms with Gasteiger partial charge in [0, 0.05) is 22.4 Å². The van der Waals surface area contributed by atoms with Gasteiger partial charge in [-0.2, -0.15) is 0 Å². The Labute approximate surface area is 135 Å². The Balaban J connectivity index is 1.98. The number of carbonyl (C=O) groups excluding carboxylic acids is 1. The first kappa shape index (κ1) is 17.0. The summed E-state index contributed by atoms with van der Waals surface area (Å²) >= 11 is 0. The lowest BCUT2D eigenvalue weighted by molar-refractivity contribution is -0.121. The summed E-state index contributed by atoms with van der Waals surface area (Å²) in [6, 6.07) is 6.07. The highest BCUT2D eigenvalue weighted by molar-refractivity contribution is 7.85. The van der Waals surface area contributed by atoms with Crippen molar-refractivity contribution in [3.63, 3.8) is 0 Å². The van der Waals surface area contributed by atoms with Gasteiger partial charge in [0.2, 0.25) is 5.91 Å². The molecule has 4 nitrogen and oxygen atoms in total. The maximum absolute atomic E-state index is 12.5. The molecular weight excluding hydrogens is 298 g/mol. The van der Waals surface area contributed by atoms with Gasteiger partial charge in [-0.1, -0.05) is 30.5 Å². The smallest absolute Gasteiger partial charge is 0.235 e. The number of hydrogen-bond acceptors (Lipinski definition) is 3. The number of methoxy groups -OCH3 is 1. The van der Waals surface area contributed by atoms with Crippen molar-refractivity contribution >= 4 is 16.7 Å². The molecule has 1 amide bonds. The molecule has 0 radical (unpaired) electrons. The number of amides is 1. The van der Waals surface area contributed by atoms with Gasteiger partial charge in [-0.05, 0) is 32.8 Å². The molecule has 1 aromatic carbocycles. The van der Waals surface area contributed by atoms with Gasteiger partial charge >= 0.3 is 0 Å². The quantitative estimate of drug-likeness (QED) is 0.876. The van der Waals surface area contributed by atoms with Crippen LogP contribution in [-0.2, 0) is 21.3 Å². The van der Waals surface area contributed by atoms with Crippen molar-refractivity contribution in [3.05, 3.63) is 29.3 Å². The molecule has 122 valence electrons. The van der Waals surface area contributed by atoms with Crippen LogP contribution < -0.4 is 10.1 Å². The highest BCUT2D eigenvalue weighted by atomic mass is 32.2. The Morgan fingerprint density at radius 1 is 1.41 bits per heavy atom. The van der Waals surface area contributed by atoms with Crippen molar-refractivity contribution in [2.75, 3.05) is 7.11 Å². The second-order valence-corrected chi connectivity index (χ2v) is 7.73. The summed E-state index contributed by atoms with van der Waals surface area (Å²) in [5.74, 6) is 0.962. The second kappa shape index (κ2) is 7.77. The van der Waals surface area contributed by atoms with Gasteiger partial charge in [0.1, 0.15) is 11.0 Å². The Morgan fingerprint density at radius 3 is 2.73 bits per heavy atom. The van der Waals surface area contributed by atoms with Crippen molar-refractivity contribution < 1.29 is 13.7 Å². The van der Waals surface area contributed by atoms with Crippen LogP contribution in [0.1, 0.15) is 43.7 Å². The first-order valence-corrected chi connectivity index (χ1v) is 9.20. The van der Waals surface area contributed by atoms with Crippen molar-refractivity contribution in [2.24, 2.45) is 0 Å². The lowest BCUT2D eigenvalue weighted by Crippen LogP contribution is -2.40. The van der Waals surface area contributed by atoms with E-state index in [0.29, 0.717) is 5.75 Å². The Kier molecular flexibility index (Phi) is 6.00. The largest absolute Gasteiger partial charge is 0.496 e. The van der Waals surface area contributed by atoms with Gasteiger partial charge in [-0.3, -0.25) is 9.00 Å². The predicted molar refractivity (Wildman–Crippen MR) is 89.4 cm³/mol. The topological polar surface area (TPSA) is 55.4 Å². The van der Waals surface area contributed by atoms with E-state index in [1.54, 1.807) is 14.0 Å². The fraction of sp³-hybridized carbons (Fsp3) is 0.588. The number of benzene rings is 1. The van der Waals surface area contributed by atoms with E-state index in [1.807, 2.05) is 25.1 Å². The zero-order chi connectivity index (χ0) is 16.1. The number of aryl methyl sites for hydroxylation is 1. The van der Waals surface area contributed by atoms with Crippen LogP contribution in [0.25, 0.3) is 0 Å². The maximum atomic E-state index is 12.5. The van der Waals surface area contributed by atoms with Crippen molar-refractivity contribution in [2.45, 2.75) is 56.6 Å². The molecule has 1 N–H and O–H groups in total. The zero-order valence-electron chi connectivity index (χ0n) is 13.6. The highest BCUT2D eigenvalue weighted by Gasteiger charge is 2.25. The molecule has 0 heterocycles. The summed E-state index contributed by atoms with van der Waals surface area (Å²) in [5, 5.41) is 2.51. The van der Waals surface area contributed by atoms with Gasteiger partial charge < -0.3 is 10.1 Å². The second-order valence-electron chi connectivity index (χ2n) is 5.97. The third-order valence-corrected chi connectivity index (χ3v) is 5.80. The summed E-state index contributed by atoms with van der Waals surface area (Å²) in [4.78, 5) is 12.2. The predicted octanol–water partition coefficient (Wildman–Crippen LogP) is 2.70. The van der Waals surface area contributed by atoms with Crippen LogP contribution in [0.4, 0.5) is 0 Å². The summed E-state index contributed by atoms with van der Waals surface area (Å²) in [6.45, 7) is 3.73. The number of rotatable bonds is 6. The molecule has 5 heteroatoms. The lowest BCUT2D eigenvalue weighted by Gasteiger charge is -2.17. The first-order valence-electron chi connectivity index (χ1n) is 7.82. The van der Waals surface area contributed by atoms with Crippen LogP contribution in [-0.4, -0.2) is 28.5 Å². The molecule has 1 fully saturated rings. The van der Waals surface area contributed by atoms with Gasteiger partial charge in [0.25, 0.3) is 0 Å². The molecule has 1 aliphatic carbocycles. The molecule has 0 spiro atoms. The van der Waals surface area contributed by atoms with Crippen LogP contribution in [0.5, 0.6) is 5.75 Å². The van der Waals surface area contributed by atoms with E-state index in [0.717, 1.165) is 29.7 Å². The average molecular weight is 323 g/mol. The van der Waals surface area contributed by atoms with E-state index in [9.17, 15) is 9.00 Å². The lowest BCUT2D eigenvalue weighted by atomic mass is 10.1. The molecule has 1 aliphatic rings. The monoisotopic (exact) mass is 323 g/mol. The Hall–Kier alpha value is -1.36. The fourth-order valence-electron chi connectivity index (χ4n) is 2.81. The standard InChI is InChI=1S/C17H25NO3S/c1-12-8-9-16(21-3)14(10-12)11-22(20)13(2)17(19)18-15-6-4-5-7-15/h8-10,13,15H,4-7,11H2,1-3H3,(H,18,19)/t13-,22+/m0/s1. The number of hydrogen-bond donors (Lipinski definition) is 1. The van der Waals surface area contributed by atoms with E-state index in [1.165, 1.54) is 12.8 Å². The minimum absolute atomic E-state index is 0.100. The average Bonchev–Trinajstić information content (AvgIpc) is 2.99. The normalized spacial score (nSPS) is 18.0. The van der Waals surface area contributed by atoms with E-state index in [2.05, 4.69) is 5.32 Å². The molecule has 22 heavy (non-hydrogen) atoms. The van der Waals surface area contributed by atoms with Gasteiger partial charge in [-0.25, -0.2) is 0 Å². The summed E-state index contributed by atoms with van der Waals surface area (Å²) in [7, 11) is 0.346. The third kappa shape index (κ3) is 4.32. The molecule has 2 atom stereocenters. The molecule has 1 saturated carbocycles. The van der Waals surface area contributed by atoms with Gasteiger partial charge in [0.15, 0.2) is 0 Å². The van der Waals surface area contributed by atoms with Crippen LogP contribution >= 0.6 is 0 Å². The SMILES string of the molecule is COc1ccc(C)cc1C[S@@](=O)[C@@H](C)C(=O)NC1CCCC1. The molecule has 2 rings (SSSR count). The number of ether oxygens (including phenoxy) is 1. The summed E-state index contributed by atoms with van der Waals surface area (Å²) in [6.07, 6.45) is 4.42. The molecular formula is C17H25NO3S. The maximum Gasteiger partial charge on any atom is 0.235 e. The first-order chi connectivity index (χ1) is 10.5. The zero-order valence-corrected chi connectivity index (χ0v) is 14.4. The molecule has 0 unspecified atom stereocenters. The van der Waals surface area contributed by atoms with Crippen molar-refractivity contribution in [3.8, 4) is 5.75 Å². The van der Waals surface area contributed by atoms with E-state index < -0.39 is 16.0 Å². The number of nitrogens with one attached hydrogen (secondary N) is 1. The number of carbonyl (C=O) groups is 1. The van der Waals surface area contributed by atoms with Gasteiger partial charge in [-0.15, -0.1) is 0 Å². The Bertz CT molecular complexity index is 553. The minimum Gasteiger partial charge on any atom is -0.496 e. The van der Waals surface area contributed by atoms with E-state index in [-0.39, 0.29) is 11.9 Å². The van der Waals surface area contributed by atoms with Gasteiger partial charge in [0.05, 0.1) is 12.9 Å². The van der Waals surface area contributed by atoms with Crippen LogP contribution in [0, 0.1) is 6.92 Å². The summed E-state index contributed by atoms with van der Waals surface area (Å²) in [5.41, 5.74) is 1.98. The van der Waals surface area contributed by atoms with E-state index >= 15 is 0 Å². The highest BCUT2D eigenvalue weighted by Crippen LogP contribution is 2.22. The van der Waals surface area contributed by atoms with Crippen molar-refractivity contribution in [1.29, 1.82) is 0 Å². The Morgan fingerprint density at radius 2 is 2.09 bits per heavy atom. The minimum atomic E-state index is -1.26.